The number of rotatable bonds is 8. The molecule has 2 aromatic heterocycles. The van der Waals surface area contributed by atoms with Crippen LogP contribution in [0.5, 0.6) is 0 Å². The minimum absolute atomic E-state index is 0.0749. The van der Waals surface area contributed by atoms with E-state index in [2.05, 4.69) is 88.5 Å². The van der Waals surface area contributed by atoms with E-state index in [0.717, 1.165) is 44.4 Å². The van der Waals surface area contributed by atoms with E-state index in [-0.39, 0.29) is 5.78 Å². The molecule has 0 radical (unpaired) electrons. The summed E-state index contributed by atoms with van der Waals surface area (Å²) in [6.07, 6.45) is 9.26. The van der Waals surface area contributed by atoms with Crippen molar-refractivity contribution in [2.24, 2.45) is 0 Å². The van der Waals surface area contributed by atoms with Gasteiger partial charge in [-0.05, 0) is 40.5 Å². The second kappa shape index (κ2) is 11.8. The predicted octanol–water partition coefficient (Wildman–Crippen LogP) is 8.83. The maximum absolute atomic E-state index is 13.2. The fourth-order valence-corrected chi connectivity index (χ4v) is 5.99. The number of ketones is 1. The van der Waals surface area contributed by atoms with Gasteiger partial charge in [-0.25, -0.2) is 4.98 Å². The van der Waals surface area contributed by atoms with Gasteiger partial charge in [0.05, 0.1) is 17.5 Å². The Hall–Kier alpha value is -5.87. The molecular formula is C40H29N3O. The first-order valence-electron chi connectivity index (χ1n) is 14.6. The van der Waals surface area contributed by atoms with Gasteiger partial charge in [-0.2, -0.15) is 0 Å². The molecule has 0 saturated carbocycles. The Balaban J connectivity index is 1.31. The number of nitrogens with zero attached hydrogens (tertiary/aromatic N) is 3. The van der Waals surface area contributed by atoms with E-state index in [0.29, 0.717) is 5.56 Å². The molecule has 0 aliphatic rings. The van der Waals surface area contributed by atoms with E-state index in [1.165, 1.54) is 0 Å². The number of benzene rings is 5. The number of fused-ring (bicyclic) bond motifs is 1. The molecule has 0 spiro atoms. The molecule has 0 aliphatic heterocycles. The Kier molecular flexibility index (Phi) is 7.23. The zero-order valence-corrected chi connectivity index (χ0v) is 24.0. The summed E-state index contributed by atoms with van der Waals surface area (Å²) in [4.78, 5) is 22.5. The number of hydrogen-bond acceptors (Lipinski definition) is 3. The first-order valence-corrected chi connectivity index (χ1v) is 14.6. The van der Waals surface area contributed by atoms with Gasteiger partial charge in [-0.1, -0.05) is 140 Å². The van der Waals surface area contributed by atoms with Gasteiger partial charge < -0.3 is 4.57 Å². The van der Waals surface area contributed by atoms with Gasteiger partial charge in [-0.15, -0.1) is 0 Å². The molecule has 5 aromatic carbocycles. The second-order valence-electron chi connectivity index (χ2n) is 10.7. The van der Waals surface area contributed by atoms with Crippen molar-refractivity contribution < 1.29 is 4.79 Å². The Bertz CT molecular complexity index is 1980. The molecule has 0 saturated heterocycles. The van der Waals surface area contributed by atoms with E-state index >= 15 is 0 Å². The smallest absolute Gasteiger partial charge is 0.185 e. The Morgan fingerprint density at radius 1 is 0.636 bits per heavy atom. The lowest BCUT2D eigenvalue weighted by Gasteiger charge is -2.37. The van der Waals surface area contributed by atoms with Crippen molar-refractivity contribution in [2.75, 3.05) is 0 Å². The maximum Gasteiger partial charge on any atom is 0.185 e. The molecule has 0 aliphatic carbocycles. The van der Waals surface area contributed by atoms with Gasteiger partial charge in [0.15, 0.2) is 5.78 Å². The number of aromatic nitrogens is 3. The second-order valence-corrected chi connectivity index (χ2v) is 10.7. The van der Waals surface area contributed by atoms with Gasteiger partial charge in [0, 0.05) is 28.9 Å². The maximum atomic E-state index is 13.2. The Morgan fingerprint density at radius 3 is 1.91 bits per heavy atom. The van der Waals surface area contributed by atoms with Crippen molar-refractivity contribution in [1.82, 2.24) is 14.5 Å². The zero-order chi connectivity index (χ0) is 29.8. The van der Waals surface area contributed by atoms with Crippen LogP contribution in [0.3, 0.4) is 0 Å². The van der Waals surface area contributed by atoms with Gasteiger partial charge in [0.25, 0.3) is 0 Å². The van der Waals surface area contributed by atoms with Gasteiger partial charge in [0.1, 0.15) is 5.54 Å². The summed E-state index contributed by atoms with van der Waals surface area (Å²) in [6, 6.07) is 49.2. The first kappa shape index (κ1) is 27.0. The molecular weight excluding hydrogens is 538 g/mol. The largest absolute Gasteiger partial charge is 0.318 e. The average Bonchev–Trinajstić information content (AvgIpc) is 3.59. The SMILES string of the molecule is O=C(C=Cc1ccccc1-c1cn(C(c2ccccc2)(c2ccccc2)c2ccccc2)cn1)c1ccc2cccnc2c1. The molecule has 4 heteroatoms. The van der Waals surface area contributed by atoms with Crippen molar-refractivity contribution in [3.8, 4) is 11.3 Å². The third-order valence-electron chi connectivity index (χ3n) is 8.09. The van der Waals surface area contributed by atoms with Crippen LogP contribution in [-0.2, 0) is 5.54 Å². The Labute approximate surface area is 256 Å². The third-order valence-corrected chi connectivity index (χ3v) is 8.09. The molecule has 2 heterocycles. The highest BCUT2D eigenvalue weighted by Crippen LogP contribution is 2.41. The molecule has 0 unspecified atom stereocenters. The number of allylic oxidation sites excluding steroid dienone is 1. The monoisotopic (exact) mass is 567 g/mol. The van der Waals surface area contributed by atoms with Crippen molar-refractivity contribution in [2.45, 2.75) is 5.54 Å². The number of carbonyl (C=O) groups is 1. The lowest BCUT2D eigenvalue weighted by Crippen LogP contribution is -2.36. The van der Waals surface area contributed by atoms with E-state index in [1.54, 1.807) is 12.3 Å². The number of imidazole rings is 1. The lowest BCUT2D eigenvalue weighted by molar-refractivity contribution is 0.104. The highest BCUT2D eigenvalue weighted by Gasteiger charge is 2.38. The standard InChI is InChI=1S/C40H29N3O/c44-39(32-23-22-31-14-12-26-41-37(31)27-32)25-24-30-13-10-11-21-36(30)38-28-43(29-42-38)40(33-15-4-1-5-16-33,34-17-6-2-7-18-34)35-19-8-3-9-20-35/h1-29H. The molecule has 0 N–H and O–H groups in total. The molecule has 7 rings (SSSR count). The fraction of sp³-hybridized carbons (Fsp3) is 0.0250. The van der Waals surface area contributed by atoms with Crippen LogP contribution in [0.2, 0.25) is 0 Å². The molecule has 210 valence electrons. The fourth-order valence-electron chi connectivity index (χ4n) is 5.99. The van der Waals surface area contributed by atoms with Crippen LogP contribution < -0.4 is 0 Å². The molecule has 0 amide bonds. The van der Waals surface area contributed by atoms with Gasteiger partial charge in [-0.3, -0.25) is 9.78 Å². The number of pyridine rings is 1. The van der Waals surface area contributed by atoms with Crippen LogP contribution in [0.1, 0.15) is 32.6 Å². The van der Waals surface area contributed by atoms with Crippen LogP contribution in [0.15, 0.2) is 170 Å². The summed E-state index contributed by atoms with van der Waals surface area (Å²) in [5, 5.41) is 1.01. The van der Waals surface area contributed by atoms with Crippen LogP contribution in [0.25, 0.3) is 28.2 Å². The molecule has 0 atom stereocenters. The van der Waals surface area contributed by atoms with Crippen molar-refractivity contribution >= 4 is 22.8 Å². The summed E-state index contributed by atoms with van der Waals surface area (Å²) in [5.41, 5.74) is 6.82. The van der Waals surface area contributed by atoms with E-state index < -0.39 is 5.54 Å². The summed E-state index contributed by atoms with van der Waals surface area (Å²) < 4.78 is 2.20. The zero-order valence-electron chi connectivity index (χ0n) is 24.0. The topological polar surface area (TPSA) is 47.8 Å². The predicted molar refractivity (Wildman–Crippen MR) is 177 cm³/mol. The van der Waals surface area contributed by atoms with E-state index in [9.17, 15) is 4.79 Å². The Morgan fingerprint density at radius 2 is 1.25 bits per heavy atom. The molecule has 0 fully saturated rings. The van der Waals surface area contributed by atoms with Crippen molar-refractivity contribution in [3.63, 3.8) is 0 Å². The van der Waals surface area contributed by atoms with Gasteiger partial charge in [0.2, 0.25) is 0 Å². The van der Waals surface area contributed by atoms with E-state index in [4.69, 9.17) is 4.98 Å². The quantitative estimate of drug-likeness (QED) is 0.105. The highest BCUT2D eigenvalue weighted by molar-refractivity contribution is 6.08. The minimum atomic E-state index is -0.653. The molecule has 7 aromatic rings. The minimum Gasteiger partial charge on any atom is -0.318 e. The van der Waals surface area contributed by atoms with Crippen LogP contribution in [0.4, 0.5) is 0 Å². The summed E-state index contributed by atoms with van der Waals surface area (Å²) >= 11 is 0. The summed E-state index contributed by atoms with van der Waals surface area (Å²) in [5.74, 6) is -0.0749. The van der Waals surface area contributed by atoms with E-state index in [1.807, 2.05) is 85.2 Å². The highest BCUT2D eigenvalue weighted by atomic mass is 16.1. The van der Waals surface area contributed by atoms with Crippen molar-refractivity contribution in [1.29, 1.82) is 0 Å². The first-order chi connectivity index (χ1) is 21.7. The number of carbonyl (C=O) groups excluding carboxylic acids is 1. The van der Waals surface area contributed by atoms with Crippen molar-refractivity contribution in [3.05, 3.63) is 198 Å². The average molecular weight is 568 g/mol. The lowest BCUT2D eigenvalue weighted by atomic mass is 9.77. The molecule has 0 bridgehead atoms. The number of hydrogen-bond donors (Lipinski definition) is 0. The van der Waals surface area contributed by atoms with Gasteiger partial charge >= 0.3 is 0 Å². The third kappa shape index (κ3) is 4.93. The van der Waals surface area contributed by atoms with Crippen LogP contribution in [0, 0.1) is 0 Å². The molecule has 44 heavy (non-hydrogen) atoms. The normalized spacial score (nSPS) is 11.6. The van der Waals surface area contributed by atoms with Crippen LogP contribution in [-0.4, -0.2) is 20.3 Å². The molecule has 4 nitrogen and oxygen atoms in total. The van der Waals surface area contributed by atoms with Crippen LogP contribution >= 0.6 is 0 Å². The summed E-state index contributed by atoms with van der Waals surface area (Å²) in [6.45, 7) is 0. The summed E-state index contributed by atoms with van der Waals surface area (Å²) in [7, 11) is 0.